The van der Waals surface area contributed by atoms with Crippen molar-refractivity contribution in [2.75, 3.05) is 26.3 Å². The first-order chi connectivity index (χ1) is 22.0. The molecule has 7 rings (SSSR count). The third-order valence-corrected chi connectivity index (χ3v) is 10.6. The summed E-state index contributed by atoms with van der Waals surface area (Å²) >= 11 is 7.86. The molecule has 0 aliphatic carbocycles. The molecule has 0 bridgehead atoms. The molecule has 0 amide bonds. The van der Waals surface area contributed by atoms with E-state index in [0.29, 0.717) is 22.5 Å². The van der Waals surface area contributed by atoms with Crippen LogP contribution in [-0.2, 0) is 21.3 Å². The van der Waals surface area contributed by atoms with Crippen LogP contribution in [0.1, 0.15) is 62.5 Å². The van der Waals surface area contributed by atoms with E-state index in [1.807, 2.05) is 69.8 Å². The van der Waals surface area contributed by atoms with Crippen molar-refractivity contribution in [2.24, 2.45) is 7.05 Å². The number of aromatic nitrogens is 3. The molecule has 240 valence electrons. The van der Waals surface area contributed by atoms with Crippen LogP contribution in [0.15, 0.2) is 48.5 Å². The third-order valence-electron chi connectivity index (χ3n) is 9.20. The molecule has 1 N–H and O–H groups in total. The number of aryl methyl sites for hydroxylation is 2. The Hall–Kier alpha value is -3.34. The van der Waals surface area contributed by atoms with E-state index in [4.69, 9.17) is 31.2 Å². The number of carboxylic acids is 1. The van der Waals surface area contributed by atoms with Crippen molar-refractivity contribution in [3.63, 3.8) is 0 Å². The highest BCUT2D eigenvalue weighted by Crippen LogP contribution is 2.45. The summed E-state index contributed by atoms with van der Waals surface area (Å²) in [7, 11) is 2.02. The van der Waals surface area contributed by atoms with E-state index in [9.17, 15) is 9.90 Å². The quantitative estimate of drug-likeness (QED) is 0.190. The summed E-state index contributed by atoms with van der Waals surface area (Å²) in [5.41, 5.74) is 6.59. The normalized spacial score (nSPS) is 17.5. The van der Waals surface area contributed by atoms with E-state index in [0.717, 1.165) is 87.8 Å². The van der Waals surface area contributed by atoms with Crippen LogP contribution in [-0.4, -0.2) is 68.7 Å². The zero-order valence-electron chi connectivity index (χ0n) is 26.8. The molecule has 2 aliphatic rings. The maximum atomic E-state index is 12.7. The molecule has 2 aromatic heterocycles. The number of carboxylic acid groups (broad SMARTS) is 1. The van der Waals surface area contributed by atoms with Crippen molar-refractivity contribution < 1.29 is 19.4 Å². The SMILES string of the molecule is Cc1cc2nc(-c3ccc4c(c3)c(C3CCN(C5COC5)CC3)nn4C)sc2c(-c2ccc(Cl)cc2)c1[C@@H](OC(C)(C)C)C(=O)O. The molecule has 4 heterocycles. The first-order valence-corrected chi connectivity index (χ1v) is 17.1. The largest absolute Gasteiger partial charge is 0.479 e. The molecule has 1 atom stereocenters. The molecule has 0 spiro atoms. The van der Waals surface area contributed by atoms with Gasteiger partial charge in [0.15, 0.2) is 6.10 Å². The molecule has 8 nitrogen and oxygen atoms in total. The topological polar surface area (TPSA) is 89.7 Å². The molecule has 2 saturated heterocycles. The fraction of sp³-hybridized carbons (Fsp3) is 0.417. The van der Waals surface area contributed by atoms with E-state index < -0.39 is 17.7 Å². The highest BCUT2D eigenvalue weighted by molar-refractivity contribution is 7.22. The minimum absolute atomic E-state index is 0.407. The third kappa shape index (κ3) is 5.84. The van der Waals surface area contributed by atoms with Crippen molar-refractivity contribution >= 4 is 50.0 Å². The molecular formula is C36H39ClN4O4S. The highest BCUT2D eigenvalue weighted by atomic mass is 35.5. The van der Waals surface area contributed by atoms with Gasteiger partial charge in [-0.05, 0) is 101 Å². The minimum Gasteiger partial charge on any atom is -0.479 e. The molecule has 0 unspecified atom stereocenters. The van der Waals surface area contributed by atoms with Crippen LogP contribution >= 0.6 is 22.9 Å². The summed E-state index contributed by atoms with van der Waals surface area (Å²) in [6.07, 6.45) is 1.02. The lowest BCUT2D eigenvalue weighted by Gasteiger charge is -2.41. The van der Waals surface area contributed by atoms with Gasteiger partial charge in [-0.1, -0.05) is 23.7 Å². The Morgan fingerprint density at radius 3 is 2.41 bits per heavy atom. The van der Waals surface area contributed by atoms with E-state index in [-0.39, 0.29) is 0 Å². The van der Waals surface area contributed by atoms with Crippen molar-refractivity contribution in [3.05, 3.63) is 70.4 Å². The minimum atomic E-state index is -1.15. The summed E-state index contributed by atoms with van der Waals surface area (Å²) in [6, 6.07) is 16.6. The Bertz CT molecular complexity index is 1930. The Balaban J connectivity index is 1.33. The number of aliphatic carboxylic acids is 1. The molecule has 2 fully saturated rings. The fourth-order valence-corrected chi connectivity index (χ4v) is 8.11. The molecular weight excluding hydrogens is 620 g/mol. The number of likely N-dealkylation sites (tertiary alicyclic amines) is 1. The van der Waals surface area contributed by atoms with E-state index in [2.05, 4.69) is 23.1 Å². The van der Waals surface area contributed by atoms with Crippen LogP contribution < -0.4 is 0 Å². The van der Waals surface area contributed by atoms with Crippen molar-refractivity contribution in [1.29, 1.82) is 0 Å². The van der Waals surface area contributed by atoms with Crippen molar-refractivity contribution in [2.45, 2.75) is 64.2 Å². The number of hydrogen-bond donors (Lipinski definition) is 1. The maximum absolute atomic E-state index is 12.7. The van der Waals surface area contributed by atoms with Crippen LogP contribution in [0.25, 0.3) is 42.8 Å². The fourth-order valence-electron chi connectivity index (χ4n) is 6.86. The van der Waals surface area contributed by atoms with Gasteiger partial charge in [-0.25, -0.2) is 9.78 Å². The van der Waals surface area contributed by atoms with Crippen LogP contribution in [0.2, 0.25) is 5.02 Å². The second-order valence-electron chi connectivity index (χ2n) is 13.5. The van der Waals surface area contributed by atoms with Crippen LogP contribution in [0.4, 0.5) is 0 Å². The van der Waals surface area contributed by atoms with E-state index >= 15 is 0 Å². The summed E-state index contributed by atoms with van der Waals surface area (Å²) < 4.78 is 14.5. The summed E-state index contributed by atoms with van der Waals surface area (Å²) in [5, 5.41) is 18.1. The molecule has 0 saturated carbocycles. The van der Waals surface area contributed by atoms with Gasteiger partial charge in [0.2, 0.25) is 0 Å². The van der Waals surface area contributed by atoms with Gasteiger partial charge in [0, 0.05) is 40.1 Å². The summed E-state index contributed by atoms with van der Waals surface area (Å²) in [4.78, 5) is 20.4. The Morgan fingerprint density at radius 1 is 1.09 bits per heavy atom. The Kier molecular flexibility index (Phi) is 8.18. The van der Waals surface area contributed by atoms with E-state index in [1.165, 1.54) is 5.39 Å². The summed E-state index contributed by atoms with van der Waals surface area (Å²) in [5.74, 6) is -0.622. The molecule has 5 aromatic rings. The molecule has 10 heteroatoms. The number of halogens is 1. The van der Waals surface area contributed by atoms with Gasteiger partial charge in [-0.3, -0.25) is 9.58 Å². The van der Waals surface area contributed by atoms with Crippen molar-refractivity contribution in [1.82, 2.24) is 19.7 Å². The van der Waals surface area contributed by atoms with Gasteiger partial charge in [-0.15, -0.1) is 11.3 Å². The second kappa shape index (κ2) is 12.0. The number of thiazole rings is 1. The number of piperidine rings is 1. The standard InChI is InChI=1S/C36H39ClN4O4S/c1-20-16-27-33(30(21-6-9-24(37)10-7-21)29(20)32(35(42)43)45-36(2,3)4)46-34(38-27)23-8-11-28-26(17-23)31(39-40(28)5)22-12-14-41(15-13-22)25-18-44-19-25/h6-11,16-17,22,25,32H,12-15,18-19H2,1-5H3,(H,42,43)/t32-/m1/s1. The maximum Gasteiger partial charge on any atom is 0.337 e. The van der Waals surface area contributed by atoms with Gasteiger partial charge in [0.25, 0.3) is 0 Å². The monoisotopic (exact) mass is 658 g/mol. The number of rotatable bonds is 7. The lowest BCUT2D eigenvalue weighted by molar-refractivity contribution is -0.160. The van der Waals surface area contributed by atoms with Gasteiger partial charge >= 0.3 is 5.97 Å². The molecule has 2 aliphatic heterocycles. The highest BCUT2D eigenvalue weighted by Gasteiger charge is 2.34. The van der Waals surface area contributed by atoms with Crippen LogP contribution in [0, 0.1) is 6.92 Å². The summed E-state index contributed by atoms with van der Waals surface area (Å²) in [6.45, 7) is 11.4. The molecule has 46 heavy (non-hydrogen) atoms. The number of carbonyl (C=O) groups is 1. The number of nitrogens with zero attached hydrogens (tertiary/aromatic N) is 4. The predicted octanol–water partition coefficient (Wildman–Crippen LogP) is 8.00. The van der Waals surface area contributed by atoms with Gasteiger partial charge in [0.1, 0.15) is 5.01 Å². The number of fused-ring (bicyclic) bond motifs is 2. The van der Waals surface area contributed by atoms with E-state index in [1.54, 1.807) is 11.3 Å². The average Bonchev–Trinajstić information content (AvgIpc) is 3.55. The van der Waals surface area contributed by atoms with Gasteiger partial charge in [-0.2, -0.15) is 5.10 Å². The molecule has 0 radical (unpaired) electrons. The molecule has 3 aromatic carbocycles. The zero-order valence-corrected chi connectivity index (χ0v) is 28.4. The van der Waals surface area contributed by atoms with Gasteiger partial charge in [0.05, 0.1) is 46.3 Å². The van der Waals surface area contributed by atoms with Crippen molar-refractivity contribution in [3.8, 4) is 21.7 Å². The predicted molar refractivity (Wildman–Crippen MR) is 184 cm³/mol. The number of ether oxygens (including phenoxy) is 2. The lowest BCUT2D eigenvalue weighted by atomic mass is 9.90. The zero-order chi connectivity index (χ0) is 32.3. The Morgan fingerprint density at radius 2 is 1.78 bits per heavy atom. The van der Waals surface area contributed by atoms with Crippen LogP contribution in [0.5, 0.6) is 0 Å². The first kappa shape index (κ1) is 31.3. The first-order valence-electron chi connectivity index (χ1n) is 15.9. The van der Waals surface area contributed by atoms with Gasteiger partial charge < -0.3 is 14.6 Å². The van der Waals surface area contributed by atoms with Crippen LogP contribution in [0.3, 0.4) is 0 Å². The number of benzene rings is 3. The Labute approximate surface area is 277 Å². The average molecular weight is 659 g/mol. The smallest absolute Gasteiger partial charge is 0.337 e. The second-order valence-corrected chi connectivity index (χ2v) is 15.0. The number of hydrogen-bond acceptors (Lipinski definition) is 7. The lowest BCUT2D eigenvalue weighted by Crippen LogP contribution is -2.51.